The largest absolute Gasteiger partial charge is 0.479 e. The van der Waals surface area contributed by atoms with Gasteiger partial charge in [0.1, 0.15) is 5.75 Å². The minimum atomic E-state index is -0.599. The van der Waals surface area contributed by atoms with Crippen molar-refractivity contribution in [2.45, 2.75) is 26.4 Å². The maximum Gasteiger partial charge on any atom is 0.267 e. The lowest BCUT2D eigenvalue weighted by molar-refractivity contribution is -0.122. The van der Waals surface area contributed by atoms with Gasteiger partial charge in [0.25, 0.3) is 5.91 Å². The van der Waals surface area contributed by atoms with Crippen LogP contribution in [0.1, 0.15) is 18.9 Å². The van der Waals surface area contributed by atoms with Crippen LogP contribution in [-0.2, 0) is 4.79 Å². The normalized spacial score (nSPS) is 11.9. The number of hydrogen-bond acceptors (Lipinski definition) is 4. The smallest absolute Gasteiger partial charge is 0.267 e. The maximum atomic E-state index is 12.1. The van der Waals surface area contributed by atoms with E-state index in [1.807, 2.05) is 26.0 Å². The number of halogens is 1. The number of rotatable bonds is 5. The second kappa shape index (κ2) is 6.72. The van der Waals surface area contributed by atoms with Crippen LogP contribution in [0.25, 0.3) is 0 Å². The molecule has 0 saturated carbocycles. The van der Waals surface area contributed by atoms with Gasteiger partial charge in [0.2, 0.25) is 0 Å². The van der Waals surface area contributed by atoms with E-state index in [-0.39, 0.29) is 5.91 Å². The van der Waals surface area contributed by atoms with Gasteiger partial charge < -0.3 is 4.74 Å². The molecule has 0 bridgehead atoms. The monoisotopic (exact) mass is 310 g/mol. The molecule has 2 aromatic rings. The van der Waals surface area contributed by atoms with E-state index in [0.29, 0.717) is 22.3 Å². The zero-order chi connectivity index (χ0) is 14.5. The van der Waals surface area contributed by atoms with E-state index in [2.05, 4.69) is 10.3 Å². The third kappa shape index (κ3) is 3.71. The van der Waals surface area contributed by atoms with Gasteiger partial charge in [0.05, 0.1) is 5.02 Å². The van der Waals surface area contributed by atoms with Gasteiger partial charge in [-0.25, -0.2) is 4.98 Å². The molecule has 0 spiro atoms. The molecule has 6 heteroatoms. The molecule has 0 saturated heterocycles. The highest BCUT2D eigenvalue weighted by atomic mass is 35.5. The van der Waals surface area contributed by atoms with Crippen LogP contribution in [0.3, 0.4) is 0 Å². The number of aryl methyl sites for hydroxylation is 1. The van der Waals surface area contributed by atoms with Gasteiger partial charge in [0, 0.05) is 11.6 Å². The molecule has 1 N–H and O–H groups in total. The number of carbonyl (C=O) groups excluding carboxylic acids is 1. The first-order valence-electron chi connectivity index (χ1n) is 6.23. The summed E-state index contributed by atoms with van der Waals surface area (Å²) in [5.74, 6) is 0.299. The minimum absolute atomic E-state index is 0.222. The molecule has 1 unspecified atom stereocenters. The van der Waals surface area contributed by atoms with Crippen molar-refractivity contribution in [2.24, 2.45) is 0 Å². The number of amides is 1. The summed E-state index contributed by atoms with van der Waals surface area (Å²) in [6.45, 7) is 3.83. The van der Waals surface area contributed by atoms with Crippen molar-refractivity contribution in [1.82, 2.24) is 4.98 Å². The van der Waals surface area contributed by atoms with Crippen molar-refractivity contribution in [1.29, 1.82) is 0 Å². The first-order chi connectivity index (χ1) is 9.60. The van der Waals surface area contributed by atoms with Crippen molar-refractivity contribution in [3.63, 3.8) is 0 Å². The SMILES string of the molecule is CCC(Oc1cc(C)ccc1Cl)C(=O)Nc1nccs1. The average molecular weight is 311 g/mol. The van der Waals surface area contributed by atoms with Crippen molar-refractivity contribution in [2.75, 3.05) is 5.32 Å². The predicted octanol–water partition coefficient (Wildman–Crippen LogP) is 3.90. The number of nitrogens with one attached hydrogen (secondary N) is 1. The Morgan fingerprint density at radius 2 is 2.35 bits per heavy atom. The van der Waals surface area contributed by atoms with Gasteiger partial charge >= 0.3 is 0 Å². The Kier molecular flexibility index (Phi) is 4.98. The lowest BCUT2D eigenvalue weighted by Crippen LogP contribution is -2.32. The summed E-state index contributed by atoms with van der Waals surface area (Å²) in [6.07, 6.45) is 1.58. The fourth-order valence-electron chi connectivity index (χ4n) is 1.65. The van der Waals surface area contributed by atoms with E-state index in [4.69, 9.17) is 16.3 Å². The van der Waals surface area contributed by atoms with Gasteiger partial charge in [-0.15, -0.1) is 11.3 Å². The molecule has 4 nitrogen and oxygen atoms in total. The first kappa shape index (κ1) is 14.8. The number of benzene rings is 1. The third-order valence-electron chi connectivity index (χ3n) is 2.68. The standard InChI is InChI=1S/C14H15ClN2O2S/c1-3-11(13(18)17-14-16-6-7-20-14)19-12-8-9(2)4-5-10(12)15/h4-8,11H,3H2,1-2H3,(H,16,17,18). The first-order valence-corrected chi connectivity index (χ1v) is 7.49. The second-order valence-electron chi connectivity index (χ2n) is 4.28. The molecule has 20 heavy (non-hydrogen) atoms. The van der Waals surface area contributed by atoms with Crippen LogP contribution in [0.2, 0.25) is 5.02 Å². The molecule has 0 aliphatic rings. The Balaban J connectivity index is 2.08. The number of carbonyl (C=O) groups is 1. The maximum absolute atomic E-state index is 12.1. The highest BCUT2D eigenvalue weighted by Crippen LogP contribution is 2.27. The topological polar surface area (TPSA) is 51.2 Å². The highest BCUT2D eigenvalue weighted by molar-refractivity contribution is 7.13. The summed E-state index contributed by atoms with van der Waals surface area (Å²) in [4.78, 5) is 16.1. The molecule has 0 fully saturated rings. The molecule has 2 rings (SSSR count). The Labute approximate surface area is 126 Å². The molecule has 1 atom stereocenters. The van der Waals surface area contributed by atoms with Gasteiger partial charge in [-0.3, -0.25) is 10.1 Å². The zero-order valence-corrected chi connectivity index (χ0v) is 12.8. The van der Waals surface area contributed by atoms with E-state index >= 15 is 0 Å². The average Bonchev–Trinajstić information content (AvgIpc) is 2.92. The van der Waals surface area contributed by atoms with Crippen LogP contribution in [0.15, 0.2) is 29.8 Å². The molecule has 0 aliphatic carbocycles. The quantitative estimate of drug-likeness (QED) is 0.911. The Bertz CT molecular complexity index is 587. The predicted molar refractivity (Wildman–Crippen MR) is 81.6 cm³/mol. The van der Waals surface area contributed by atoms with Crippen LogP contribution < -0.4 is 10.1 Å². The molecule has 1 amide bonds. The summed E-state index contributed by atoms with van der Waals surface area (Å²) in [7, 11) is 0. The summed E-state index contributed by atoms with van der Waals surface area (Å²) >= 11 is 7.44. The van der Waals surface area contributed by atoms with Gasteiger partial charge in [-0.2, -0.15) is 0 Å². The fourth-order valence-corrected chi connectivity index (χ4v) is 2.34. The summed E-state index contributed by atoms with van der Waals surface area (Å²) in [5, 5.41) is 5.59. The van der Waals surface area contributed by atoms with E-state index in [9.17, 15) is 4.79 Å². The number of hydrogen-bond donors (Lipinski definition) is 1. The van der Waals surface area contributed by atoms with Gasteiger partial charge in [-0.05, 0) is 31.0 Å². The zero-order valence-electron chi connectivity index (χ0n) is 11.2. The number of ether oxygens (including phenoxy) is 1. The Morgan fingerprint density at radius 3 is 3.00 bits per heavy atom. The molecule has 0 aliphatic heterocycles. The second-order valence-corrected chi connectivity index (χ2v) is 5.58. The Hall–Kier alpha value is -1.59. The molecule has 1 aromatic heterocycles. The molecule has 106 valence electrons. The van der Waals surface area contributed by atoms with E-state index < -0.39 is 6.10 Å². The van der Waals surface area contributed by atoms with Crippen molar-refractivity contribution in [3.05, 3.63) is 40.4 Å². The van der Waals surface area contributed by atoms with Gasteiger partial charge in [-0.1, -0.05) is 24.6 Å². The van der Waals surface area contributed by atoms with Crippen LogP contribution in [0.5, 0.6) is 5.75 Å². The lowest BCUT2D eigenvalue weighted by Gasteiger charge is -2.17. The fraction of sp³-hybridized carbons (Fsp3) is 0.286. The summed E-state index contributed by atoms with van der Waals surface area (Å²) in [5.41, 5.74) is 1.03. The van der Waals surface area contributed by atoms with Crippen molar-refractivity contribution >= 4 is 34.0 Å². The number of thiazole rings is 1. The molecular weight excluding hydrogens is 296 g/mol. The molecule has 1 aromatic carbocycles. The third-order valence-corrected chi connectivity index (χ3v) is 3.68. The highest BCUT2D eigenvalue weighted by Gasteiger charge is 2.20. The molecule has 0 radical (unpaired) electrons. The number of aromatic nitrogens is 1. The number of anilines is 1. The van der Waals surface area contributed by atoms with E-state index in [0.717, 1.165) is 5.56 Å². The summed E-state index contributed by atoms with van der Waals surface area (Å²) in [6, 6.07) is 5.48. The van der Waals surface area contributed by atoms with Gasteiger partial charge in [0.15, 0.2) is 11.2 Å². The van der Waals surface area contributed by atoms with Crippen LogP contribution in [0.4, 0.5) is 5.13 Å². The lowest BCUT2D eigenvalue weighted by atomic mass is 10.2. The minimum Gasteiger partial charge on any atom is -0.479 e. The number of nitrogens with zero attached hydrogens (tertiary/aromatic N) is 1. The van der Waals surface area contributed by atoms with Crippen LogP contribution in [0, 0.1) is 6.92 Å². The van der Waals surface area contributed by atoms with Crippen molar-refractivity contribution in [3.8, 4) is 5.75 Å². The van der Waals surface area contributed by atoms with Crippen LogP contribution in [-0.4, -0.2) is 17.0 Å². The summed E-state index contributed by atoms with van der Waals surface area (Å²) < 4.78 is 5.72. The van der Waals surface area contributed by atoms with Crippen LogP contribution >= 0.6 is 22.9 Å². The Morgan fingerprint density at radius 1 is 1.55 bits per heavy atom. The van der Waals surface area contributed by atoms with E-state index in [1.54, 1.807) is 17.6 Å². The van der Waals surface area contributed by atoms with Crippen molar-refractivity contribution < 1.29 is 9.53 Å². The molecule has 1 heterocycles. The van der Waals surface area contributed by atoms with E-state index in [1.165, 1.54) is 11.3 Å². The molecular formula is C14H15ClN2O2S.